The first kappa shape index (κ1) is 20.8. The Bertz CT molecular complexity index is 1010. The van der Waals surface area contributed by atoms with E-state index in [4.69, 9.17) is 4.74 Å². The number of carbonyl (C=O) groups excluding carboxylic acids is 1. The van der Waals surface area contributed by atoms with E-state index in [0.29, 0.717) is 18.5 Å². The molecule has 4 rings (SSSR count). The van der Waals surface area contributed by atoms with Crippen LogP contribution in [0.4, 0.5) is 11.4 Å². The Morgan fingerprint density at radius 3 is 2.71 bits per heavy atom. The lowest BCUT2D eigenvalue weighted by Crippen LogP contribution is -2.33. The molecule has 8 heteroatoms. The van der Waals surface area contributed by atoms with E-state index in [2.05, 4.69) is 32.2 Å². The summed E-state index contributed by atoms with van der Waals surface area (Å²) in [7, 11) is 1.64. The van der Waals surface area contributed by atoms with Crippen molar-refractivity contribution in [1.82, 2.24) is 19.7 Å². The van der Waals surface area contributed by atoms with Crippen LogP contribution in [0.2, 0.25) is 0 Å². The van der Waals surface area contributed by atoms with Crippen molar-refractivity contribution in [3.05, 3.63) is 54.7 Å². The Morgan fingerprint density at radius 1 is 1.19 bits per heavy atom. The number of anilines is 2. The molecule has 0 spiro atoms. The number of rotatable bonds is 7. The van der Waals surface area contributed by atoms with Gasteiger partial charge < -0.3 is 15.0 Å². The topological polar surface area (TPSA) is 85.2 Å². The standard InChI is InChI=1S/C23H28N6O2/c1-17-9-11-28(12-10-17)21-14-24-16-25-23(21)29-15-19(13-26-29)27-22(30)8-5-18-3-6-20(31-2)7-4-18/h3-4,6-7,13-17H,5,8-12H2,1-2H3,(H,27,30). The number of nitrogens with zero attached hydrogens (tertiary/aromatic N) is 5. The van der Waals surface area contributed by atoms with Gasteiger partial charge in [0.2, 0.25) is 5.91 Å². The number of amides is 1. The van der Waals surface area contributed by atoms with Crippen LogP contribution in [-0.4, -0.2) is 45.9 Å². The Labute approximate surface area is 182 Å². The van der Waals surface area contributed by atoms with Gasteiger partial charge in [-0.15, -0.1) is 0 Å². The monoisotopic (exact) mass is 420 g/mol. The molecule has 3 heterocycles. The summed E-state index contributed by atoms with van der Waals surface area (Å²) in [5, 5.41) is 7.34. The van der Waals surface area contributed by atoms with Crippen LogP contribution in [0.15, 0.2) is 49.2 Å². The van der Waals surface area contributed by atoms with Gasteiger partial charge in [0, 0.05) is 19.5 Å². The Hall–Kier alpha value is -3.42. The summed E-state index contributed by atoms with van der Waals surface area (Å²) in [5.74, 6) is 2.23. The maximum absolute atomic E-state index is 12.4. The molecule has 8 nitrogen and oxygen atoms in total. The first-order chi connectivity index (χ1) is 15.1. The second kappa shape index (κ2) is 9.59. The van der Waals surface area contributed by atoms with E-state index in [1.54, 1.807) is 24.2 Å². The third-order valence-corrected chi connectivity index (χ3v) is 5.68. The van der Waals surface area contributed by atoms with Gasteiger partial charge >= 0.3 is 0 Å². The van der Waals surface area contributed by atoms with Crippen LogP contribution in [0.1, 0.15) is 31.7 Å². The second-order valence-electron chi connectivity index (χ2n) is 7.97. The van der Waals surface area contributed by atoms with E-state index in [0.717, 1.165) is 54.7 Å². The van der Waals surface area contributed by atoms with Crippen LogP contribution in [0.3, 0.4) is 0 Å². The van der Waals surface area contributed by atoms with Gasteiger partial charge in [-0.2, -0.15) is 5.10 Å². The Kier molecular flexibility index (Phi) is 6.45. The van der Waals surface area contributed by atoms with Crippen molar-refractivity contribution in [3.8, 4) is 11.6 Å². The van der Waals surface area contributed by atoms with Crippen molar-refractivity contribution in [2.75, 3.05) is 30.4 Å². The molecule has 0 atom stereocenters. The molecule has 1 N–H and O–H groups in total. The van der Waals surface area contributed by atoms with Crippen LogP contribution in [0.5, 0.6) is 5.75 Å². The molecule has 0 unspecified atom stereocenters. The number of ether oxygens (including phenoxy) is 1. The molecule has 0 saturated carbocycles. The summed E-state index contributed by atoms with van der Waals surface area (Å²) in [6, 6.07) is 7.75. The molecule has 1 aromatic carbocycles. The number of methoxy groups -OCH3 is 1. The van der Waals surface area contributed by atoms with Gasteiger partial charge in [0.05, 0.1) is 31.4 Å². The lowest BCUT2D eigenvalue weighted by Gasteiger charge is -2.32. The van der Waals surface area contributed by atoms with Crippen LogP contribution in [0, 0.1) is 5.92 Å². The van der Waals surface area contributed by atoms with Gasteiger partial charge in [-0.3, -0.25) is 4.79 Å². The molecule has 2 aromatic heterocycles. The summed E-state index contributed by atoms with van der Waals surface area (Å²) in [5.41, 5.74) is 2.71. The number of nitrogens with one attached hydrogen (secondary N) is 1. The zero-order chi connectivity index (χ0) is 21.6. The first-order valence-corrected chi connectivity index (χ1v) is 10.6. The summed E-state index contributed by atoms with van der Waals surface area (Å²) in [6.45, 7) is 4.26. The summed E-state index contributed by atoms with van der Waals surface area (Å²) < 4.78 is 6.87. The molecule has 1 aliphatic heterocycles. The molecule has 3 aromatic rings. The molecule has 0 aliphatic carbocycles. The predicted octanol–water partition coefficient (Wildman–Crippen LogP) is 3.48. The largest absolute Gasteiger partial charge is 0.497 e. The van der Waals surface area contributed by atoms with Crippen molar-refractivity contribution in [1.29, 1.82) is 0 Å². The van der Waals surface area contributed by atoms with Crippen LogP contribution in [-0.2, 0) is 11.2 Å². The third-order valence-electron chi connectivity index (χ3n) is 5.68. The smallest absolute Gasteiger partial charge is 0.224 e. The molecule has 162 valence electrons. The van der Waals surface area contributed by atoms with Crippen molar-refractivity contribution in [3.63, 3.8) is 0 Å². The number of benzene rings is 1. The van der Waals surface area contributed by atoms with Crippen molar-refractivity contribution >= 4 is 17.3 Å². The number of aromatic nitrogens is 4. The highest BCUT2D eigenvalue weighted by molar-refractivity contribution is 5.90. The summed E-state index contributed by atoms with van der Waals surface area (Å²) in [6.07, 6.45) is 10.2. The molecule has 1 saturated heterocycles. The average Bonchev–Trinajstić information content (AvgIpc) is 3.27. The lowest BCUT2D eigenvalue weighted by molar-refractivity contribution is -0.116. The van der Waals surface area contributed by atoms with E-state index in [1.165, 1.54) is 6.33 Å². The van der Waals surface area contributed by atoms with Gasteiger partial charge in [-0.1, -0.05) is 19.1 Å². The van der Waals surface area contributed by atoms with Crippen molar-refractivity contribution in [2.45, 2.75) is 32.6 Å². The van der Waals surface area contributed by atoms with E-state index in [9.17, 15) is 4.79 Å². The molecule has 1 amide bonds. The van der Waals surface area contributed by atoms with Crippen LogP contribution >= 0.6 is 0 Å². The Morgan fingerprint density at radius 2 is 1.97 bits per heavy atom. The molecule has 0 bridgehead atoms. The van der Waals surface area contributed by atoms with E-state index in [1.807, 2.05) is 30.5 Å². The first-order valence-electron chi connectivity index (χ1n) is 10.6. The van der Waals surface area contributed by atoms with Crippen LogP contribution < -0.4 is 15.0 Å². The van der Waals surface area contributed by atoms with Crippen molar-refractivity contribution in [2.24, 2.45) is 5.92 Å². The van der Waals surface area contributed by atoms with Gasteiger partial charge in [0.1, 0.15) is 17.8 Å². The van der Waals surface area contributed by atoms with E-state index >= 15 is 0 Å². The van der Waals surface area contributed by atoms with Crippen LogP contribution in [0.25, 0.3) is 5.82 Å². The number of carbonyl (C=O) groups is 1. The maximum atomic E-state index is 12.4. The zero-order valence-electron chi connectivity index (χ0n) is 18.0. The fraction of sp³-hybridized carbons (Fsp3) is 0.391. The number of hydrogen-bond acceptors (Lipinski definition) is 6. The van der Waals surface area contributed by atoms with E-state index in [-0.39, 0.29) is 5.91 Å². The number of hydrogen-bond donors (Lipinski definition) is 1. The average molecular weight is 421 g/mol. The van der Waals surface area contributed by atoms with Crippen molar-refractivity contribution < 1.29 is 9.53 Å². The maximum Gasteiger partial charge on any atom is 0.224 e. The molecule has 1 aliphatic rings. The van der Waals surface area contributed by atoms with Gasteiger partial charge in [-0.05, 0) is 42.9 Å². The zero-order valence-corrected chi connectivity index (χ0v) is 18.0. The normalized spacial score (nSPS) is 14.5. The highest BCUT2D eigenvalue weighted by atomic mass is 16.5. The highest BCUT2D eigenvalue weighted by Crippen LogP contribution is 2.26. The molecule has 31 heavy (non-hydrogen) atoms. The van der Waals surface area contributed by atoms with Gasteiger partial charge in [0.25, 0.3) is 0 Å². The molecule has 0 radical (unpaired) electrons. The second-order valence-corrected chi connectivity index (χ2v) is 7.97. The van der Waals surface area contributed by atoms with Gasteiger partial charge in [0.15, 0.2) is 5.82 Å². The lowest BCUT2D eigenvalue weighted by atomic mass is 9.99. The summed E-state index contributed by atoms with van der Waals surface area (Å²) >= 11 is 0. The fourth-order valence-corrected chi connectivity index (χ4v) is 3.74. The molecular formula is C23H28N6O2. The summed E-state index contributed by atoms with van der Waals surface area (Å²) in [4.78, 5) is 23.4. The third kappa shape index (κ3) is 5.20. The SMILES string of the molecule is COc1ccc(CCC(=O)Nc2cnn(-c3ncncc3N3CCC(C)CC3)c2)cc1. The predicted molar refractivity (Wildman–Crippen MR) is 120 cm³/mol. The van der Waals surface area contributed by atoms with E-state index < -0.39 is 0 Å². The minimum atomic E-state index is -0.0525. The number of piperidine rings is 1. The number of aryl methyl sites for hydroxylation is 1. The van der Waals surface area contributed by atoms with Gasteiger partial charge in [-0.25, -0.2) is 14.6 Å². The minimum absolute atomic E-state index is 0.0525. The highest BCUT2D eigenvalue weighted by Gasteiger charge is 2.20. The molecule has 1 fully saturated rings. The molecular weight excluding hydrogens is 392 g/mol. The fourth-order valence-electron chi connectivity index (χ4n) is 3.74. The quantitative estimate of drug-likeness (QED) is 0.630. The Balaban J connectivity index is 1.38. The minimum Gasteiger partial charge on any atom is -0.497 e.